The van der Waals surface area contributed by atoms with E-state index in [0.717, 1.165) is 12.1 Å². The molecule has 2 aromatic carbocycles. The number of ether oxygens (including phenoxy) is 1. The number of carboxylic acids is 1. The lowest BCUT2D eigenvalue weighted by molar-refractivity contribution is 0.0696. The first-order valence-electron chi connectivity index (χ1n) is 7.03. The molecule has 0 radical (unpaired) electrons. The van der Waals surface area contributed by atoms with Crippen LogP contribution < -0.4 is 9.46 Å². The average molecular weight is 353 g/mol. The topological polar surface area (TPSA) is 92.7 Å². The van der Waals surface area contributed by atoms with Gasteiger partial charge in [-0.3, -0.25) is 4.72 Å². The highest BCUT2D eigenvalue weighted by molar-refractivity contribution is 7.92. The van der Waals surface area contributed by atoms with E-state index in [2.05, 4.69) is 4.72 Å². The molecule has 0 saturated carbocycles. The van der Waals surface area contributed by atoms with Crippen LogP contribution in [0.2, 0.25) is 0 Å². The number of nitrogens with one attached hydrogen (secondary N) is 1. The highest BCUT2D eigenvalue weighted by Crippen LogP contribution is 2.25. The fourth-order valence-corrected chi connectivity index (χ4v) is 3.39. The van der Waals surface area contributed by atoms with E-state index in [1.165, 1.54) is 24.3 Å². The third-order valence-corrected chi connectivity index (χ3v) is 4.73. The predicted molar refractivity (Wildman–Crippen MR) is 86.5 cm³/mol. The number of aromatic carboxylic acids is 1. The average Bonchev–Trinajstić information content (AvgIpc) is 2.49. The molecule has 2 N–H and O–H groups in total. The second-order valence-electron chi connectivity index (χ2n) is 4.97. The van der Waals surface area contributed by atoms with Crippen LogP contribution in [0.1, 0.15) is 22.8 Å². The summed E-state index contributed by atoms with van der Waals surface area (Å²) in [4.78, 5) is 10.8. The van der Waals surface area contributed by atoms with Crippen LogP contribution in [-0.4, -0.2) is 26.1 Å². The van der Waals surface area contributed by atoms with Crippen molar-refractivity contribution >= 4 is 21.7 Å². The summed E-state index contributed by atoms with van der Waals surface area (Å²) >= 11 is 0. The number of halogens is 1. The molecule has 0 amide bonds. The molecular formula is C16H16FNO5S. The van der Waals surface area contributed by atoms with Gasteiger partial charge in [0.1, 0.15) is 0 Å². The van der Waals surface area contributed by atoms with Crippen LogP contribution in [0.5, 0.6) is 5.75 Å². The molecule has 128 valence electrons. The third kappa shape index (κ3) is 3.83. The molecule has 8 heteroatoms. The summed E-state index contributed by atoms with van der Waals surface area (Å²) in [7, 11) is -4.06. The number of carbonyl (C=O) groups is 1. The van der Waals surface area contributed by atoms with Gasteiger partial charge in [-0.05, 0) is 43.7 Å². The molecule has 24 heavy (non-hydrogen) atoms. The van der Waals surface area contributed by atoms with Gasteiger partial charge in [-0.15, -0.1) is 0 Å². The van der Waals surface area contributed by atoms with E-state index in [1.807, 2.05) is 0 Å². The molecular weight excluding hydrogens is 337 g/mol. The van der Waals surface area contributed by atoms with E-state index in [-0.39, 0.29) is 28.5 Å². The van der Waals surface area contributed by atoms with Crippen molar-refractivity contribution in [3.8, 4) is 5.75 Å². The first kappa shape index (κ1) is 17.7. The van der Waals surface area contributed by atoms with Crippen LogP contribution in [0, 0.1) is 12.7 Å². The zero-order chi connectivity index (χ0) is 17.9. The van der Waals surface area contributed by atoms with Gasteiger partial charge in [-0.25, -0.2) is 17.6 Å². The summed E-state index contributed by atoms with van der Waals surface area (Å²) in [5, 5.41) is 8.99. The summed E-state index contributed by atoms with van der Waals surface area (Å²) in [5.41, 5.74) is 0.230. The Morgan fingerprint density at radius 1 is 1.25 bits per heavy atom. The molecule has 0 atom stereocenters. The maximum Gasteiger partial charge on any atom is 0.335 e. The first-order chi connectivity index (χ1) is 11.2. The number of sulfonamides is 1. The summed E-state index contributed by atoms with van der Waals surface area (Å²) in [6, 6.07) is 7.45. The number of benzene rings is 2. The zero-order valence-electron chi connectivity index (χ0n) is 13.0. The smallest absolute Gasteiger partial charge is 0.335 e. The standard InChI is InChI=1S/C16H16FNO5S/c1-3-23-14-7-6-12(9-13(14)17)18-24(21,22)15-8-11(16(19)20)5-4-10(15)2/h4-9,18H,3H2,1-2H3,(H,19,20). The van der Waals surface area contributed by atoms with E-state index >= 15 is 0 Å². The van der Waals surface area contributed by atoms with E-state index in [9.17, 15) is 17.6 Å². The number of anilines is 1. The Hall–Kier alpha value is -2.61. The SMILES string of the molecule is CCOc1ccc(NS(=O)(=O)c2cc(C(=O)O)ccc2C)cc1F. The van der Waals surface area contributed by atoms with E-state index < -0.39 is 21.8 Å². The van der Waals surface area contributed by atoms with Gasteiger partial charge in [0.25, 0.3) is 10.0 Å². The molecule has 0 fully saturated rings. The second kappa shape index (κ2) is 6.88. The van der Waals surface area contributed by atoms with Gasteiger partial charge < -0.3 is 9.84 Å². The van der Waals surface area contributed by atoms with Gasteiger partial charge >= 0.3 is 5.97 Å². The number of hydrogen-bond acceptors (Lipinski definition) is 4. The maximum atomic E-state index is 13.8. The van der Waals surface area contributed by atoms with Crippen molar-refractivity contribution in [2.75, 3.05) is 11.3 Å². The molecule has 0 spiro atoms. The number of aryl methyl sites for hydroxylation is 1. The van der Waals surface area contributed by atoms with Gasteiger partial charge in [0, 0.05) is 6.07 Å². The second-order valence-corrected chi connectivity index (χ2v) is 6.62. The molecule has 0 aromatic heterocycles. The van der Waals surface area contributed by atoms with Crippen molar-refractivity contribution in [2.45, 2.75) is 18.7 Å². The Balaban J connectivity index is 2.37. The summed E-state index contributed by atoms with van der Waals surface area (Å²) in [6.45, 7) is 3.52. The van der Waals surface area contributed by atoms with Crippen LogP contribution in [0.25, 0.3) is 0 Å². The molecule has 0 aliphatic rings. The van der Waals surface area contributed by atoms with E-state index in [4.69, 9.17) is 9.84 Å². The summed E-state index contributed by atoms with van der Waals surface area (Å²) < 4.78 is 46.0. The predicted octanol–water partition coefficient (Wildman–Crippen LogP) is 3.03. The highest BCUT2D eigenvalue weighted by Gasteiger charge is 2.20. The molecule has 0 heterocycles. The first-order valence-corrected chi connectivity index (χ1v) is 8.52. The fourth-order valence-electron chi connectivity index (χ4n) is 2.07. The monoisotopic (exact) mass is 353 g/mol. The van der Waals surface area contributed by atoms with Crippen molar-refractivity contribution < 1.29 is 27.4 Å². The zero-order valence-corrected chi connectivity index (χ0v) is 13.9. The molecule has 0 bridgehead atoms. The Bertz CT molecular complexity index is 880. The quantitative estimate of drug-likeness (QED) is 0.833. The Morgan fingerprint density at radius 3 is 2.54 bits per heavy atom. The molecule has 0 unspecified atom stereocenters. The van der Waals surface area contributed by atoms with Crippen LogP contribution in [0.3, 0.4) is 0 Å². The molecule has 0 aliphatic carbocycles. The van der Waals surface area contributed by atoms with Gasteiger partial charge in [-0.2, -0.15) is 0 Å². The van der Waals surface area contributed by atoms with Crippen molar-refractivity contribution in [2.24, 2.45) is 0 Å². The highest BCUT2D eigenvalue weighted by atomic mass is 32.2. The van der Waals surface area contributed by atoms with Crippen LogP contribution >= 0.6 is 0 Å². The minimum absolute atomic E-state index is 0.0103. The Morgan fingerprint density at radius 2 is 1.96 bits per heavy atom. The van der Waals surface area contributed by atoms with Crippen LogP contribution in [-0.2, 0) is 10.0 Å². The third-order valence-electron chi connectivity index (χ3n) is 3.21. The van der Waals surface area contributed by atoms with Gasteiger partial charge in [0.15, 0.2) is 11.6 Å². The van der Waals surface area contributed by atoms with Crippen molar-refractivity contribution in [1.82, 2.24) is 0 Å². The minimum Gasteiger partial charge on any atom is -0.491 e. The van der Waals surface area contributed by atoms with Gasteiger partial charge in [-0.1, -0.05) is 6.07 Å². The molecule has 2 rings (SSSR count). The Kier molecular flexibility index (Phi) is 5.08. The summed E-state index contributed by atoms with van der Waals surface area (Å²) in [5.74, 6) is -1.92. The normalized spacial score (nSPS) is 11.1. The number of rotatable bonds is 6. The number of carboxylic acid groups (broad SMARTS) is 1. The maximum absolute atomic E-state index is 13.8. The lowest BCUT2D eigenvalue weighted by Gasteiger charge is -2.12. The lowest BCUT2D eigenvalue weighted by atomic mass is 10.1. The number of hydrogen-bond donors (Lipinski definition) is 2. The Labute approximate surface area is 138 Å². The van der Waals surface area contributed by atoms with Crippen LogP contribution in [0.15, 0.2) is 41.3 Å². The summed E-state index contributed by atoms with van der Waals surface area (Å²) in [6.07, 6.45) is 0. The lowest BCUT2D eigenvalue weighted by Crippen LogP contribution is -2.15. The van der Waals surface area contributed by atoms with Crippen molar-refractivity contribution in [3.05, 3.63) is 53.3 Å². The van der Waals surface area contributed by atoms with Crippen molar-refractivity contribution in [1.29, 1.82) is 0 Å². The van der Waals surface area contributed by atoms with E-state index in [1.54, 1.807) is 13.8 Å². The van der Waals surface area contributed by atoms with Gasteiger partial charge in [0.2, 0.25) is 0 Å². The molecule has 2 aromatic rings. The van der Waals surface area contributed by atoms with Gasteiger partial charge in [0.05, 0.1) is 22.8 Å². The molecule has 0 saturated heterocycles. The molecule has 0 aliphatic heterocycles. The molecule has 6 nitrogen and oxygen atoms in total. The van der Waals surface area contributed by atoms with Crippen LogP contribution in [0.4, 0.5) is 10.1 Å². The minimum atomic E-state index is -4.06. The van der Waals surface area contributed by atoms with E-state index in [0.29, 0.717) is 5.56 Å². The largest absolute Gasteiger partial charge is 0.491 e. The fraction of sp³-hybridized carbons (Fsp3) is 0.188. The van der Waals surface area contributed by atoms with Crippen molar-refractivity contribution in [3.63, 3.8) is 0 Å².